The van der Waals surface area contributed by atoms with E-state index in [4.69, 9.17) is 15.6 Å². The summed E-state index contributed by atoms with van der Waals surface area (Å²) in [6.45, 7) is 2.64. The molecule has 37 heavy (non-hydrogen) atoms. The number of hydrogen-bond donors (Lipinski definition) is 3. The molecule has 2 aromatic carbocycles. The van der Waals surface area contributed by atoms with Crippen molar-refractivity contribution in [2.24, 2.45) is 0 Å². The number of nitrogens with zero attached hydrogens (tertiary/aromatic N) is 2. The summed E-state index contributed by atoms with van der Waals surface area (Å²) in [5, 5.41) is 19.4. The quantitative estimate of drug-likeness (QED) is 0.370. The van der Waals surface area contributed by atoms with Crippen LogP contribution in [-0.2, 0) is 29.4 Å². The molecule has 0 radical (unpaired) electrons. The van der Waals surface area contributed by atoms with Crippen molar-refractivity contribution in [1.82, 2.24) is 10.2 Å². The number of amidine groups is 1. The van der Waals surface area contributed by atoms with E-state index in [0.717, 1.165) is 31.7 Å². The van der Waals surface area contributed by atoms with E-state index >= 15 is 0 Å². The number of carbonyl (C=O) groups is 1. The lowest BCUT2D eigenvalue weighted by Gasteiger charge is -2.44. The molecule has 10 heteroatoms. The van der Waals surface area contributed by atoms with Crippen LogP contribution in [0.15, 0.2) is 36.4 Å². The third kappa shape index (κ3) is 4.31. The Kier molecular flexibility index (Phi) is 6.15. The third-order valence-electron chi connectivity index (χ3n) is 7.99. The number of fused-ring (bicyclic) bond motifs is 1. The summed E-state index contributed by atoms with van der Waals surface area (Å²) >= 11 is 0. The molecule has 0 atom stereocenters. The summed E-state index contributed by atoms with van der Waals surface area (Å²) in [5.41, 5.74) is 0.0505. The summed E-state index contributed by atoms with van der Waals surface area (Å²) in [7, 11) is 1.61. The summed E-state index contributed by atoms with van der Waals surface area (Å²) < 4.78 is 47.7. The highest BCUT2D eigenvalue weighted by Gasteiger charge is 2.47. The molecule has 0 unspecified atom stereocenters. The van der Waals surface area contributed by atoms with Crippen molar-refractivity contribution >= 4 is 23.8 Å². The lowest BCUT2D eigenvalue weighted by Crippen LogP contribution is -2.57. The average molecular weight is 514 g/mol. The van der Waals surface area contributed by atoms with Crippen LogP contribution >= 0.6 is 0 Å². The van der Waals surface area contributed by atoms with E-state index in [0.29, 0.717) is 16.8 Å². The lowest BCUT2D eigenvalue weighted by atomic mass is 9.76. The van der Waals surface area contributed by atoms with E-state index in [1.54, 1.807) is 31.3 Å². The number of rotatable bonds is 7. The first-order chi connectivity index (χ1) is 17.5. The van der Waals surface area contributed by atoms with Crippen LogP contribution in [0.1, 0.15) is 58.8 Å². The van der Waals surface area contributed by atoms with Crippen LogP contribution in [0.25, 0.3) is 0 Å². The predicted molar refractivity (Wildman–Crippen MR) is 134 cm³/mol. The molecule has 1 aliphatic carbocycles. The molecular weight excluding hydrogens is 483 g/mol. The van der Waals surface area contributed by atoms with Gasteiger partial charge in [-0.05, 0) is 67.1 Å². The molecule has 3 N–H and O–H groups in total. The SMILES string of the molecule is CN(C=N)C(=N)C1(c2cccc(N3Cc4c(cc(CNC5(C)CCC5)cc4C(F)(F)F)C3=O)c2)COC1. The van der Waals surface area contributed by atoms with Gasteiger partial charge in [0.25, 0.3) is 5.91 Å². The second kappa shape index (κ2) is 8.95. The van der Waals surface area contributed by atoms with Crippen LogP contribution < -0.4 is 10.2 Å². The normalized spacial score (nSPS) is 19.6. The topological polar surface area (TPSA) is 92.5 Å². The van der Waals surface area contributed by atoms with Gasteiger partial charge in [-0.1, -0.05) is 12.1 Å². The molecule has 1 saturated carbocycles. The maximum atomic E-state index is 14.1. The summed E-state index contributed by atoms with van der Waals surface area (Å²) in [4.78, 5) is 16.2. The number of anilines is 1. The molecule has 1 saturated heterocycles. The van der Waals surface area contributed by atoms with Gasteiger partial charge in [-0.2, -0.15) is 13.2 Å². The van der Waals surface area contributed by atoms with E-state index in [1.807, 2.05) is 6.07 Å². The first-order valence-corrected chi connectivity index (χ1v) is 12.3. The van der Waals surface area contributed by atoms with Gasteiger partial charge in [0.05, 0.1) is 37.1 Å². The fourth-order valence-corrected chi connectivity index (χ4v) is 5.35. The summed E-state index contributed by atoms with van der Waals surface area (Å²) in [6, 6.07) is 9.73. The molecule has 2 fully saturated rings. The zero-order chi connectivity index (χ0) is 26.6. The highest BCUT2D eigenvalue weighted by Crippen LogP contribution is 2.41. The van der Waals surface area contributed by atoms with Crippen LogP contribution in [0, 0.1) is 10.8 Å². The van der Waals surface area contributed by atoms with Crippen LogP contribution in [0.3, 0.4) is 0 Å². The van der Waals surface area contributed by atoms with E-state index in [2.05, 4.69) is 12.2 Å². The second-order valence-corrected chi connectivity index (χ2v) is 10.5. The highest BCUT2D eigenvalue weighted by atomic mass is 19.4. The van der Waals surface area contributed by atoms with Crippen LogP contribution in [0.5, 0.6) is 0 Å². The zero-order valence-electron chi connectivity index (χ0n) is 20.8. The Morgan fingerprint density at radius 2 is 1.97 bits per heavy atom. The Balaban J connectivity index is 1.47. The van der Waals surface area contributed by atoms with Crippen molar-refractivity contribution in [2.45, 2.75) is 56.4 Å². The van der Waals surface area contributed by atoms with Crippen molar-refractivity contribution in [3.05, 3.63) is 64.2 Å². The van der Waals surface area contributed by atoms with Gasteiger partial charge in [-0.15, -0.1) is 0 Å². The monoisotopic (exact) mass is 513 g/mol. The second-order valence-electron chi connectivity index (χ2n) is 10.5. The van der Waals surface area contributed by atoms with Crippen molar-refractivity contribution in [3.8, 4) is 0 Å². The van der Waals surface area contributed by atoms with Crippen LogP contribution in [0.2, 0.25) is 0 Å². The summed E-state index contributed by atoms with van der Waals surface area (Å²) in [6.07, 6.45) is -0.486. The third-order valence-corrected chi connectivity index (χ3v) is 7.99. The van der Waals surface area contributed by atoms with Gasteiger partial charge in [0, 0.05) is 30.4 Å². The standard InChI is InChI=1S/C27H30F3N5O2/c1-25(7-4-8-25)33-12-17-9-20-21(22(10-17)27(28,29)30)13-35(23(20)36)19-6-3-5-18(11-19)26(14-37-15-26)24(32)34(2)16-31/h3,5-6,9-11,16,31-33H,4,7-8,12-15H2,1-2H3. The lowest BCUT2D eigenvalue weighted by molar-refractivity contribution is -0.138. The fourth-order valence-electron chi connectivity index (χ4n) is 5.35. The number of ether oxygens (including phenoxy) is 1. The minimum Gasteiger partial charge on any atom is -0.378 e. The number of hydrogen-bond acceptors (Lipinski definition) is 5. The number of amides is 1. The largest absolute Gasteiger partial charge is 0.416 e. The number of carbonyl (C=O) groups excluding carboxylic acids is 1. The van der Waals surface area contributed by atoms with Gasteiger partial charge in [-0.3, -0.25) is 15.6 Å². The average Bonchev–Trinajstić information content (AvgIpc) is 3.15. The molecule has 0 aromatic heterocycles. The van der Waals surface area contributed by atoms with Crippen molar-refractivity contribution in [1.29, 1.82) is 10.8 Å². The Morgan fingerprint density at radius 3 is 2.54 bits per heavy atom. The minimum atomic E-state index is -4.58. The van der Waals surface area contributed by atoms with Crippen LogP contribution in [0.4, 0.5) is 18.9 Å². The maximum absolute atomic E-state index is 14.1. The molecule has 2 aromatic rings. The van der Waals surface area contributed by atoms with Crippen LogP contribution in [-0.4, -0.2) is 48.8 Å². The Morgan fingerprint density at radius 1 is 1.24 bits per heavy atom. The maximum Gasteiger partial charge on any atom is 0.416 e. The van der Waals surface area contributed by atoms with Crippen molar-refractivity contribution < 1.29 is 22.7 Å². The van der Waals surface area contributed by atoms with Gasteiger partial charge in [0.2, 0.25) is 0 Å². The molecular formula is C27H30F3N5O2. The zero-order valence-corrected chi connectivity index (χ0v) is 20.8. The van der Waals surface area contributed by atoms with Gasteiger partial charge >= 0.3 is 6.18 Å². The number of halogens is 3. The Hall–Kier alpha value is -3.24. The molecule has 3 aliphatic rings. The fraction of sp³-hybridized carbons (Fsp3) is 0.444. The van der Waals surface area contributed by atoms with Gasteiger partial charge in [-0.25, -0.2) is 0 Å². The first-order valence-electron chi connectivity index (χ1n) is 12.3. The number of likely N-dealkylation sites (N-methyl/N-ethyl adjacent to an activating group) is 1. The molecule has 2 heterocycles. The van der Waals surface area contributed by atoms with Gasteiger partial charge < -0.3 is 19.9 Å². The first kappa shape index (κ1) is 25.4. The summed E-state index contributed by atoms with van der Waals surface area (Å²) in [5.74, 6) is -0.293. The molecule has 196 valence electrons. The minimum absolute atomic E-state index is 0.0144. The number of alkyl halides is 3. The van der Waals surface area contributed by atoms with E-state index < -0.39 is 23.1 Å². The Bertz CT molecular complexity index is 1270. The van der Waals surface area contributed by atoms with Gasteiger partial charge in [0.1, 0.15) is 5.84 Å². The predicted octanol–water partition coefficient (Wildman–Crippen LogP) is 4.68. The number of benzene rings is 2. The molecule has 1 amide bonds. The Labute approximate surface area is 213 Å². The smallest absolute Gasteiger partial charge is 0.378 e. The van der Waals surface area contributed by atoms with E-state index in [-0.39, 0.29) is 48.8 Å². The van der Waals surface area contributed by atoms with Crippen molar-refractivity contribution in [3.63, 3.8) is 0 Å². The number of nitrogens with one attached hydrogen (secondary N) is 3. The molecule has 7 nitrogen and oxygen atoms in total. The highest BCUT2D eigenvalue weighted by molar-refractivity contribution is 6.10. The molecule has 0 bridgehead atoms. The molecule has 5 rings (SSSR count). The molecule has 2 aliphatic heterocycles. The van der Waals surface area contributed by atoms with Crippen molar-refractivity contribution in [2.75, 3.05) is 25.2 Å². The van der Waals surface area contributed by atoms with Gasteiger partial charge in [0.15, 0.2) is 0 Å². The van der Waals surface area contributed by atoms with E-state index in [9.17, 15) is 18.0 Å². The van der Waals surface area contributed by atoms with E-state index in [1.165, 1.54) is 9.80 Å². The molecule has 0 spiro atoms.